The van der Waals surface area contributed by atoms with Crippen LogP contribution in [0, 0.1) is 0 Å². The van der Waals surface area contributed by atoms with Gasteiger partial charge in [-0.05, 0) is 18.2 Å². The monoisotopic (exact) mass is 481 g/mol. The highest BCUT2D eigenvalue weighted by molar-refractivity contribution is 6.30. The van der Waals surface area contributed by atoms with Crippen molar-refractivity contribution < 1.29 is 42.2 Å². The van der Waals surface area contributed by atoms with Crippen LogP contribution in [-0.4, -0.2) is 43.8 Å². The van der Waals surface area contributed by atoms with Crippen LogP contribution in [0.4, 0.5) is 14.5 Å². The number of nitrogens with one attached hydrogen (secondary N) is 1. The van der Waals surface area contributed by atoms with Crippen molar-refractivity contribution in [3.8, 4) is 11.5 Å². The fourth-order valence-corrected chi connectivity index (χ4v) is 3.69. The number of fused-ring (bicyclic) bond motifs is 2. The van der Waals surface area contributed by atoms with Crippen LogP contribution >= 0.6 is 0 Å². The summed E-state index contributed by atoms with van der Waals surface area (Å²) in [5.74, 6) is -3.37. The minimum atomic E-state index is -3.23. The Morgan fingerprint density at radius 2 is 1.54 bits per heavy atom. The van der Waals surface area contributed by atoms with Gasteiger partial charge in [-0.15, -0.1) is 0 Å². The number of halogens is 2. The number of para-hydroxylation sites is 1. The largest absolute Gasteiger partial charge is 0.493 e. The Morgan fingerprint density at radius 1 is 0.886 bits per heavy atom. The summed E-state index contributed by atoms with van der Waals surface area (Å²) < 4.78 is 39.8. The lowest BCUT2D eigenvalue weighted by Gasteiger charge is -2.20. The third kappa shape index (κ3) is 4.58. The van der Waals surface area contributed by atoms with Crippen molar-refractivity contribution in [3.63, 3.8) is 0 Å². The lowest BCUT2D eigenvalue weighted by atomic mass is 9.83. The highest BCUT2D eigenvalue weighted by Gasteiger charge is 2.31. The molecule has 0 aromatic heterocycles. The fourth-order valence-electron chi connectivity index (χ4n) is 3.69. The molecule has 35 heavy (non-hydrogen) atoms. The van der Waals surface area contributed by atoms with Crippen LogP contribution < -0.4 is 14.8 Å². The minimum Gasteiger partial charge on any atom is -0.493 e. The molecule has 0 heterocycles. The van der Waals surface area contributed by atoms with E-state index in [0.29, 0.717) is 0 Å². The van der Waals surface area contributed by atoms with Crippen LogP contribution in [0.5, 0.6) is 11.5 Å². The molecule has 8 nitrogen and oxygen atoms in total. The average molecular weight is 481 g/mol. The summed E-state index contributed by atoms with van der Waals surface area (Å²) in [5.41, 5.74) is 0.335. The molecule has 0 fully saturated rings. The molecule has 178 valence electrons. The number of anilines is 1. The first-order valence-electron chi connectivity index (χ1n) is 10.2. The molecule has 1 amide bonds. The number of carbonyl (C=O) groups excluding carboxylic acids is 4. The van der Waals surface area contributed by atoms with Crippen LogP contribution in [0.1, 0.15) is 42.2 Å². The van der Waals surface area contributed by atoms with Crippen LogP contribution in [0.2, 0.25) is 0 Å². The molecule has 1 N–H and O–H groups in total. The molecule has 0 spiro atoms. The van der Waals surface area contributed by atoms with Gasteiger partial charge in [0.1, 0.15) is 5.56 Å². The van der Waals surface area contributed by atoms with Crippen LogP contribution in [-0.2, 0) is 9.53 Å². The van der Waals surface area contributed by atoms with Crippen molar-refractivity contribution in [2.75, 3.05) is 19.0 Å². The van der Waals surface area contributed by atoms with E-state index in [2.05, 4.69) is 10.1 Å². The van der Waals surface area contributed by atoms with Crippen molar-refractivity contribution in [2.24, 2.45) is 0 Å². The summed E-state index contributed by atoms with van der Waals surface area (Å²) in [6, 6.07) is 14.6. The normalized spacial score (nSPS) is 12.0. The van der Waals surface area contributed by atoms with Gasteiger partial charge in [-0.3, -0.25) is 14.4 Å². The van der Waals surface area contributed by atoms with E-state index in [0.717, 1.165) is 0 Å². The Labute approximate surface area is 197 Å². The van der Waals surface area contributed by atoms with Gasteiger partial charge in [0.25, 0.3) is 5.91 Å². The van der Waals surface area contributed by atoms with Gasteiger partial charge in [-0.1, -0.05) is 42.5 Å². The molecule has 0 saturated heterocycles. The summed E-state index contributed by atoms with van der Waals surface area (Å²) in [6.07, 6.45) is 0. The Kier molecular flexibility index (Phi) is 6.54. The smallest absolute Gasteiger partial charge is 0.387 e. The predicted molar refractivity (Wildman–Crippen MR) is 118 cm³/mol. The number of rotatable bonds is 7. The third-order valence-corrected chi connectivity index (χ3v) is 5.19. The second-order valence-corrected chi connectivity index (χ2v) is 7.27. The zero-order chi connectivity index (χ0) is 25.1. The van der Waals surface area contributed by atoms with E-state index in [4.69, 9.17) is 9.47 Å². The Balaban J connectivity index is 1.51. The van der Waals surface area contributed by atoms with E-state index >= 15 is 0 Å². The molecule has 3 aromatic rings. The fraction of sp³-hybridized carbons (Fsp3) is 0.120. The molecule has 0 unspecified atom stereocenters. The first-order chi connectivity index (χ1) is 16.8. The van der Waals surface area contributed by atoms with Gasteiger partial charge in [0.15, 0.2) is 29.7 Å². The van der Waals surface area contributed by atoms with Gasteiger partial charge in [-0.2, -0.15) is 8.78 Å². The number of methoxy groups -OCH3 is 1. The minimum absolute atomic E-state index is 0.0243. The van der Waals surface area contributed by atoms with Crippen LogP contribution in [0.25, 0.3) is 0 Å². The number of benzene rings is 3. The molecule has 0 radical (unpaired) electrons. The van der Waals surface area contributed by atoms with E-state index < -0.39 is 36.6 Å². The van der Waals surface area contributed by atoms with Crippen molar-refractivity contribution in [1.82, 2.24) is 0 Å². The molecule has 0 saturated carbocycles. The number of hydrogen-bond acceptors (Lipinski definition) is 7. The van der Waals surface area contributed by atoms with E-state index in [1.54, 1.807) is 18.2 Å². The number of ketones is 2. The zero-order valence-corrected chi connectivity index (χ0v) is 18.2. The zero-order valence-electron chi connectivity index (χ0n) is 18.2. The van der Waals surface area contributed by atoms with Crippen molar-refractivity contribution in [1.29, 1.82) is 0 Å². The molecular formula is C25H17F2NO7. The van der Waals surface area contributed by atoms with E-state index in [-0.39, 0.29) is 45.0 Å². The summed E-state index contributed by atoms with van der Waals surface area (Å²) in [7, 11) is 1.21. The van der Waals surface area contributed by atoms with Crippen molar-refractivity contribution >= 4 is 29.1 Å². The maximum absolute atomic E-state index is 13.0. The molecule has 3 aromatic carbocycles. The molecule has 1 aliphatic carbocycles. The van der Waals surface area contributed by atoms with Crippen molar-refractivity contribution in [2.45, 2.75) is 6.61 Å². The summed E-state index contributed by atoms with van der Waals surface area (Å²) >= 11 is 0. The van der Waals surface area contributed by atoms with Gasteiger partial charge in [0.05, 0.1) is 18.4 Å². The van der Waals surface area contributed by atoms with Gasteiger partial charge < -0.3 is 19.5 Å². The lowest BCUT2D eigenvalue weighted by Crippen LogP contribution is -2.26. The van der Waals surface area contributed by atoms with Crippen LogP contribution in [0.15, 0.2) is 60.7 Å². The number of ether oxygens (including phenoxy) is 3. The Morgan fingerprint density at radius 3 is 2.23 bits per heavy atom. The molecular weight excluding hydrogens is 464 g/mol. The maximum Gasteiger partial charge on any atom is 0.387 e. The number of alkyl halides is 2. The standard InChI is InChI=1S/C25H17F2NO7/c1-33-18-11-5-9-16(23(18)35-25(26)27)24(32)34-12-19(29)28-17-10-4-8-15-20(17)22(31)14-7-3-2-6-13(14)21(15)30/h2-11,25H,12H2,1H3,(H,28,29). The number of esters is 1. The number of amides is 1. The molecule has 1 aliphatic rings. The predicted octanol–water partition coefficient (Wildman–Crippen LogP) is 3.87. The summed E-state index contributed by atoms with van der Waals surface area (Å²) in [6.45, 7) is -4.03. The van der Waals surface area contributed by atoms with E-state index in [9.17, 15) is 28.0 Å². The van der Waals surface area contributed by atoms with Gasteiger partial charge >= 0.3 is 12.6 Å². The Hall–Kier alpha value is -4.60. The SMILES string of the molecule is COc1cccc(C(=O)OCC(=O)Nc2cccc3c2C(=O)c2ccccc2C3=O)c1OC(F)F. The molecule has 10 heteroatoms. The third-order valence-electron chi connectivity index (χ3n) is 5.19. The van der Waals surface area contributed by atoms with E-state index in [1.807, 2.05) is 0 Å². The Bertz CT molecular complexity index is 1350. The molecule has 0 atom stereocenters. The summed E-state index contributed by atoms with van der Waals surface area (Å²) in [4.78, 5) is 50.8. The molecule has 0 bridgehead atoms. The first kappa shape index (κ1) is 23.6. The summed E-state index contributed by atoms with van der Waals surface area (Å²) in [5, 5.41) is 2.46. The van der Waals surface area contributed by atoms with Gasteiger partial charge in [-0.25, -0.2) is 4.79 Å². The first-order valence-corrected chi connectivity index (χ1v) is 10.2. The molecule has 4 rings (SSSR count). The maximum atomic E-state index is 13.0. The van der Waals surface area contributed by atoms with Gasteiger partial charge in [0, 0.05) is 16.7 Å². The topological polar surface area (TPSA) is 108 Å². The second-order valence-electron chi connectivity index (χ2n) is 7.27. The second kappa shape index (κ2) is 9.72. The van der Waals surface area contributed by atoms with Crippen LogP contribution in [0.3, 0.4) is 0 Å². The number of carbonyl (C=O) groups is 4. The quantitative estimate of drug-likeness (QED) is 0.399. The number of hydrogen-bond donors (Lipinski definition) is 1. The molecule has 0 aliphatic heterocycles. The van der Waals surface area contributed by atoms with Crippen molar-refractivity contribution in [3.05, 3.63) is 88.5 Å². The van der Waals surface area contributed by atoms with Gasteiger partial charge in [0.2, 0.25) is 0 Å². The highest BCUT2D eigenvalue weighted by atomic mass is 19.3. The highest BCUT2D eigenvalue weighted by Crippen LogP contribution is 2.34. The van der Waals surface area contributed by atoms with E-state index in [1.165, 1.54) is 49.6 Å². The lowest BCUT2D eigenvalue weighted by molar-refractivity contribution is -0.119. The average Bonchev–Trinajstić information content (AvgIpc) is 2.85.